The molecule has 0 radical (unpaired) electrons. The molecular weight excluding hydrogens is 550 g/mol. The summed E-state index contributed by atoms with van der Waals surface area (Å²) in [5.74, 6) is -4.81. The molecule has 7 heteroatoms. The number of hydrogen-bond donors (Lipinski definition) is 0. The SMILES string of the molecule is CCOc1ccc(C2=CCC(C3CCC(CCc4ccc(-c5ccc(C)c(F)c5F)c(F)c4F)CC3)CC2)c(F)c1F. The summed E-state index contributed by atoms with van der Waals surface area (Å²) in [7, 11) is 0. The predicted octanol–water partition coefficient (Wildman–Crippen LogP) is 10.5. The van der Waals surface area contributed by atoms with Gasteiger partial charge >= 0.3 is 0 Å². The fourth-order valence-corrected chi connectivity index (χ4v) is 6.73. The highest BCUT2D eigenvalue weighted by atomic mass is 19.2. The van der Waals surface area contributed by atoms with E-state index < -0.39 is 34.9 Å². The molecule has 1 fully saturated rings. The molecule has 0 N–H and O–H groups in total. The third-order valence-corrected chi connectivity index (χ3v) is 9.25. The van der Waals surface area contributed by atoms with Gasteiger partial charge in [-0.2, -0.15) is 4.39 Å². The zero-order valence-corrected chi connectivity index (χ0v) is 24.0. The van der Waals surface area contributed by atoms with Crippen LogP contribution in [0.2, 0.25) is 0 Å². The lowest BCUT2D eigenvalue weighted by molar-refractivity contribution is 0.189. The number of benzene rings is 3. The van der Waals surface area contributed by atoms with E-state index in [2.05, 4.69) is 6.08 Å². The standard InChI is InChI=1S/C35H36F6O/c1-3-42-29-19-18-26(32(38)35(29)41)24-13-11-23(12-14-24)22-8-5-21(6-9-22)7-10-25-15-17-28(34(40)31(25)37)27-16-4-20(2)30(36)33(27)39/h4,13,15-19,21-23H,3,5-12,14H2,1-2H3. The lowest BCUT2D eigenvalue weighted by atomic mass is 9.70. The van der Waals surface area contributed by atoms with Gasteiger partial charge in [0.2, 0.25) is 5.82 Å². The summed E-state index contributed by atoms with van der Waals surface area (Å²) in [4.78, 5) is 0. The van der Waals surface area contributed by atoms with E-state index in [1.54, 1.807) is 13.0 Å². The Morgan fingerprint density at radius 3 is 1.98 bits per heavy atom. The van der Waals surface area contributed by atoms with Gasteiger partial charge in [-0.3, -0.25) is 0 Å². The van der Waals surface area contributed by atoms with Gasteiger partial charge in [-0.1, -0.05) is 43.2 Å². The molecule has 2 aliphatic rings. The van der Waals surface area contributed by atoms with Crippen LogP contribution in [0.3, 0.4) is 0 Å². The second-order valence-electron chi connectivity index (χ2n) is 11.7. The molecule has 0 aliphatic heterocycles. The minimum absolute atomic E-state index is 0.0657. The Morgan fingerprint density at radius 1 is 0.667 bits per heavy atom. The van der Waals surface area contributed by atoms with Crippen molar-refractivity contribution >= 4 is 5.57 Å². The fraction of sp³-hybridized carbons (Fsp3) is 0.429. The fourth-order valence-electron chi connectivity index (χ4n) is 6.73. The molecule has 3 aromatic rings. The lowest BCUT2D eigenvalue weighted by Crippen LogP contribution is -2.23. The Bertz CT molecular complexity index is 1470. The molecule has 0 aromatic heterocycles. The van der Waals surface area contributed by atoms with Crippen molar-refractivity contribution in [1.82, 2.24) is 0 Å². The number of ether oxygens (including phenoxy) is 1. The minimum atomic E-state index is -1.18. The van der Waals surface area contributed by atoms with E-state index in [1.807, 2.05) is 0 Å². The normalized spacial score (nSPS) is 20.9. The molecule has 2 aliphatic carbocycles. The number of halogens is 6. The molecule has 0 saturated heterocycles. The number of rotatable bonds is 8. The quantitative estimate of drug-likeness (QED) is 0.239. The summed E-state index contributed by atoms with van der Waals surface area (Å²) >= 11 is 0. The van der Waals surface area contributed by atoms with Gasteiger partial charge in [-0.15, -0.1) is 0 Å². The van der Waals surface area contributed by atoms with Crippen molar-refractivity contribution in [2.75, 3.05) is 6.61 Å². The molecule has 3 aromatic carbocycles. The minimum Gasteiger partial charge on any atom is -0.491 e. The van der Waals surface area contributed by atoms with Crippen LogP contribution in [-0.2, 0) is 6.42 Å². The molecule has 1 atom stereocenters. The van der Waals surface area contributed by atoms with Crippen LogP contribution < -0.4 is 4.74 Å². The van der Waals surface area contributed by atoms with Gasteiger partial charge < -0.3 is 4.74 Å². The van der Waals surface area contributed by atoms with Gasteiger partial charge in [0.25, 0.3) is 0 Å². The van der Waals surface area contributed by atoms with Crippen LogP contribution in [0.1, 0.15) is 75.0 Å². The summed E-state index contributed by atoms with van der Waals surface area (Å²) < 4.78 is 92.4. The van der Waals surface area contributed by atoms with E-state index >= 15 is 0 Å². The number of aryl methyl sites for hydroxylation is 2. The maximum Gasteiger partial charge on any atom is 0.201 e. The number of hydrogen-bond acceptors (Lipinski definition) is 1. The first-order chi connectivity index (χ1) is 20.2. The zero-order valence-electron chi connectivity index (χ0n) is 24.0. The van der Waals surface area contributed by atoms with Crippen LogP contribution in [-0.4, -0.2) is 6.61 Å². The van der Waals surface area contributed by atoms with Crippen molar-refractivity contribution in [1.29, 1.82) is 0 Å². The Kier molecular flexibility index (Phi) is 9.34. The van der Waals surface area contributed by atoms with E-state index in [-0.39, 0.29) is 34.6 Å². The van der Waals surface area contributed by atoms with Crippen molar-refractivity contribution in [3.63, 3.8) is 0 Å². The second kappa shape index (κ2) is 13.0. The molecule has 1 nitrogen and oxygen atoms in total. The first-order valence-electron chi connectivity index (χ1n) is 14.9. The van der Waals surface area contributed by atoms with Crippen molar-refractivity contribution < 1.29 is 31.1 Å². The monoisotopic (exact) mass is 586 g/mol. The maximum atomic E-state index is 14.9. The third kappa shape index (κ3) is 6.11. The van der Waals surface area contributed by atoms with E-state index in [4.69, 9.17) is 4.74 Å². The van der Waals surface area contributed by atoms with Crippen molar-refractivity contribution in [3.8, 4) is 16.9 Å². The molecule has 1 saturated carbocycles. The van der Waals surface area contributed by atoms with Gasteiger partial charge in [-0.25, -0.2) is 22.0 Å². The van der Waals surface area contributed by atoms with Crippen LogP contribution in [0.5, 0.6) is 5.75 Å². The van der Waals surface area contributed by atoms with Crippen LogP contribution in [0.15, 0.2) is 42.5 Å². The molecule has 0 spiro atoms. The maximum absolute atomic E-state index is 14.9. The van der Waals surface area contributed by atoms with E-state index in [9.17, 15) is 26.3 Å². The summed E-state index contributed by atoms with van der Waals surface area (Å²) in [5.41, 5.74) is 0.924. The first kappa shape index (κ1) is 30.2. The molecule has 0 heterocycles. The highest BCUT2D eigenvalue weighted by molar-refractivity contribution is 5.68. The molecule has 224 valence electrons. The van der Waals surface area contributed by atoms with Crippen LogP contribution in [0.25, 0.3) is 16.7 Å². The Hall–Kier alpha value is -3.22. The molecule has 0 amide bonds. The third-order valence-electron chi connectivity index (χ3n) is 9.25. The molecule has 1 unspecified atom stereocenters. The van der Waals surface area contributed by atoms with Crippen LogP contribution in [0, 0.1) is 59.6 Å². The predicted molar refractivity (Wildman–Crippen MR) is 153 cm³/mol. The van der Waals surface area contributed by atoms with E-state index in [1.165, 1.54) is 37.3 Å². The highest BCUT2D eigenvalue weighted by Crippen LogP contribution is 2.43. The summed E-state index contributed by atoms with van der Waals surface area (Å²) in [6.07, 6.45) is 9.75. The molecule has 5 rings (SSSR count). The summed E-state index contributed by atoms with van der Waals surface area (Å²) in [6, 6.07) is 8.51. The Labute approximate surface area is 243 Å². The van der Waals surface area contributed by atoms with Crippen molar-refractivity contribution in [3.05, 3.63) is 94.1 Å². The summed E-state index contributed by atoms with van der Waals surface area (Å²) in [6.45, 7) is 3.41. The van der Waals surface area contributed by atoms with Crippen LogP contribution >= 0.6 is 0 Å². The first-order valence-corrected chi connectivity index (χ1v) is 14.9. The smallest absolute Gasteiger partial charge is 0.201 e. The van der Waals surface area contributed by atoms with Crippen molar-refractivity contribution in [2.45, 2.75) is 71.6 Å². The molecular formula is C35H36F6O. The van der Waals surface area contributed by atoms with Gasteiger partial charge in [-0.05, 0) is 105 Å². The van der Waals surface area contributed by atoms with Crippen molar-refractivity contribution in [2.24, 2.45) is 17.8 Å². The second-order valence-corrected chi connectivity index (χ2v) is 11.7. The van der Waals surface area contributed by atoms with Crippen LogP contribution in [0.4, 0.5) is 26.3 Å². The van der Waals surface area contributed by atoms with Gasteiger partial charge in [0.05, 0.1) is 6.61 Å². The Balaban J connectivity index is 1.14. The van der Waals surface area contributed by atoms with Gasteiger partial charge in [0.15, 0.2) is 34.8 Å². The Morgan fingerprint density at radius 2 is 1.31 bits per heavy atom. The molecule has 42 heavy (non-hydrogen) atoms. The largest absolute Gasteiger partial charge is 0.491 e. The zero-order chi connectivity index (χ0) is 30.0. The average molecular weight is 587 g/mol. The average Bonchev–Trinajstić information content (AvgIpc) is 3.00. The van der Waals surface area contributed by atoms with Gasteiger partial charge in [0.1, 0.15) is 0 Å². The topological polar surface area (TPSA) is 9.23 Å². The lowest BCUT2D eigenvalue weighted by Gasteiger charge is -2.35. The van der Waals surface area contributed by atoms with Gasteiger partial charge in [0, 0.05) is 16.7 Å². The molecule has 0 bridgehead atoms. The summed E-state index contributed by atoms with van der Waals surface area (Å²) in [5, 5.41) is 0. The van der Waals surface area contributed by atoms with E-state index in [0.29, 0.717) is 36.2 Å². The van der Waals surface area contributed by atoms with E-state index in [0.717, 1.165) is 50.5 Å². The number of allylic oxidation sites excluding steroid dienone is 2. The highest BCUT2D eigenvalue weighted by Gasteiger charge is 2.30.